The Morgan fingerprint density at radius 1 is 0.328 bits per heavy atom. The van der Waals surface area contributed by atoms with E-state index in [-0.39, 0.29) is 0 Å². The van der Waals surface area contributed by atoms with E-state index in [2.05, 4.69) is 240 Å². The lowest BCUT2D eigenvalue weighted by Crippen LogP contribution is -2.26. The fraction of sp³-hybridized carbons (Fsp3) is 0.0169. The van der Waals surface area contributed by atoms with Crippen LogP contribution in [0.15, 0.2) is 231 Å². The molecule has 61 heavy (non-hydrogen) atoms. The summed E-state index contributed by atoms with van der Waals surface area (Å²) in [7, 11) is 0. The molecule has 284 valence electrons. The molecule has 2 heteroatoms. The van der Waals surface area contributed by atoms with Gasteiger partial charge < -0.3 is 9.47 Å². The van der Waals surface area contributed by atoms with E-state index in [0.29, 0.717) is 0 Å². The van der Waals surface area contributed by atoms with E-state index in [1.165, 1.54) is 93.9 Å². The summed E-state index contributed by atoms with van der Waals surface area (Å²) in [4.78, 5) is 2.44. The number of hydrogen-bond donors (Lipinski definition) is 0. The van der Waals surface area contributed by atoms with Gasteiger partial charge in [0.1, 0.15) is 0 Å². The molecule has 1 heterocycles. The molecule has 0 amide bonds. The van der Waals surface area contributed by atoms with Crippen LogP contribution >= 0.6 is 0 Å². The molecule has 2 nitrogen and oxygen atoms in total. The summed E-state index contributed by atoms with van der Waals surface area (Å²) in [5, 5.41) is 4.96. The van der Waals surface area contributed by atoms with Crippen molar-refractivity contribution in [1.29, 1.82) is 0 Å². The minimum Gasteiger partial charge on any atom is -0.310 e. The van der Waals surface area contributed by atoms with Gasteiger partial charge in [0.05, 0.1) is 22.1 Å². The van der Waals surface area contributed by atoms with Crippen LogP contribution in [0, 0.1) is 0 Å². The molecule has 2 aliphatic rings. The normalized spacial score (nSPS) is 13.0. The third kappa shape index (κ3) is 4.79. The van der Waals surface area contributed by atoms with Crippen molar-refractivity contribution in [2.24, 2.45) is 0 Å². The van der Waals surface area contributed by atoms with E-state index in [9.17, 15) is 0 Å². The largest absolute Gasteiger partial charge is 0.310 e. The molecule has 0 fully saturated rings. The molecular formula is C59H38N2. The number of anilines is 3. The topological polar surface area (TPSA) is 8.17 Å². The Kier molecular flexibility index (Phi) is 7.26. The van der Waals surface area contributed by atoms with Crippen molar-refractivity contribution in [1.82, 2.24) is 4.57 Å². The second kappa shape index (κ2) is 13.0. The summed E-state index contributed by atoms with van der Waals surface area (Å²) in [6.45, 7) is 0. The van der Waals surface area contributed by atoms with Crippen molar-refractivity contribution >= 4 is 49.6 Å². The maximum atomic E-state index is 2.51. The molecule has 2 aliphatic carbocycles. The summed E-state index contributed by atoms with van der Waals surface area (Å²) in [6.07, 6.45) is 0. The van der Waals surface area contributed by atoms with E-state index < -0.39 is 5.41 Å². The zero-order chi connectivity index (χ0) is 40.1. The van der Waals surface area contributed by atoms with E-state index in [1.807, 2.05) is 0 Å². The van der Waals surface area contributed by atoms with Crippen molar-refractivity contribution in [2.75, 3.05) is 4.90 Å². The molecule has 0 saturated heterocycles. The molecule has 13 rings (SSSR count). The predicted molar refractivity (Wildman–Crippen MR) is 255 cm³/mol. The smallest absolute Gasteiger partial charge is 0.0726 e. The Morgan fingerprint density at radius 2 is 0.885 bits per heavy atom. The lowest BCUT2D eigenvalue weighted by molar-refractivity contribution is 0.794. The SMILES string of the molecule is c1ccc(N(c2ccc3c(c2)C2(c4ccccc4-c4ccccc42)c2cc(-c4ccc5c(c4)c4ccccc4n5-c4ccccc4)ccc2-3)c2cccc3ccccc23)cc1. The van der Waals surface area contributed by atoms with Crippen LogP contribution in [0.5, 0.6) is 0 Å². The highest BCUT2D eigenvalue weighted by atomic mass is 15.1. The molecule has 0 bridgehead atoms. The molecule has 0 aliphatic heterocycles. The number of para-hydroxylation sites is 3. The Balaban J connectivity index is 1.06. The van der Waals surface area contributed by atoms with Gasteiger partial charge in [-0.1, -0.05) is 164 Å². The summed E-state index contributed by atoms with van der Waals surface area (Å²) in [5.74, 6) is 0. The summed E-state index contributed by atoms with van der Waals surface area (Å²) >= 11 is 0. The molecular weight excluding hydrogens is 737 g/mol. The first-order valence-corrected chi connectivity index (χ1v) is 21.2. The molecule has 11 aromatic rings. The van der Waals surface area contributed by atoms with Crippen LogP contribution in [0.3, 0.4) is 0 Å². The number of hydrogen-bond acceptors (Lipinski definition) is 1. The molecule has 0 radical (unpaired) electrons. The highest BCUT2D eigenvalue weighted by molar-refractivity contribution is 6.11. The van der Waals surface area contributed by atoms with Crippen LogP contribution in [0.4, 0.5) is 17.1 Å². The molecule has 1 spiro atoms. The first kappa shape index (κ1) is 34.0. The summed E-state index contributed by atoms with van der Waals surface area (Å²) < 4.78 is 2.39. The first-order valence-electron chi connectivity index (χ1n) is 21.2. The van der Waals surface area contributed by atoms with E-state index in [4.69, 9.17) is 0 Å². The standard InChI is InChI=1S/C59H38N2/c1-3-18-42(19-4-1)60(56-29-15-17-39-16-7-8-22-45(39)56)44-32-34-49-48-33-30-41(37-54(48)59(55(49)38-44)52-26-12-9-23-46(52)47-24-10-13-27-53(47)59)40-31-35-58-51(36-40)50-25-11-14-28-57(50)61(58)43-20-5-2-6-21-43/h1-38H. The number of rotatable bonds is 5. The van der Waals surface area contributed by atoms with Crippen molar-refractivity contribution in [3.63, 3.8) is 0 Å². The number of aromatic nitrogens is 1. The van der Waals surface area contributed by atoms with Gasteiger partial charge in [0.2, 0.25) is 0 Å². The van der Waals surface area contributed by atoms with Crippen molar-refractivity contribution < 1.29 is 0 Å². The Bertz CT molecular complexity index is 3490. The fourth-order valence-corrected chi connectivity index (χ4v) is 10.9. The Hall–Kier alpha value is -7.94. The maximum Gasteiger partial charge on any atom is 0.0726 e. The monoisotopic (exact) mass is 774 g/mol. The van der Waals surface area contributed by atoms with Crippen LogP contribution in [0.25, 0.3) is 71.6 Å². The predicted octanol–water partition coefficient (Wildman–Crippen LogP) is 15.4. The average Bonchev–Trinajstić information content (AvgIpc) is 3.93. The Morgan fingerprint density at radius 3 is 1.67 bits per heavy atom. The molecule has 1 aromatic heterocycles. The van der Waals surface area contributed by atoms with Crippen LogP contribution in [-0.2, 0) is 5.41 Å². The van der Waals surface area contributed by atoms with Gasteiger partial charge in [0, 0.05) is 33.2 Å². The minimum atomic E-state index is -0.515. The second-order valence-electron chi connectivity index (χ2n) is 16.4. The Labute approximate surface area is 354 Å². The highest BCUT2D eigenvalue weighted by Crippen LogP contribution is 2.64. The van der Waals surface area contributed by atoms with Gasteiger partial charge in [-0.3, -0.25) is 0 Å². The van der Waals surface area contributed by atoms with Gasteiger partial charge in [0.25, 0.3) is 0 Å². The number of nitrogens with zero attached hydrogens (tertiary/aromatic N) is 2. The highest BCUT2D eigenvalue weighted by Gasteiger charge is 2.52. The van der Waals surface area contributed by atoms with Crippen LogP contribution in [-0.4, -0.2) is 4.57 Å². The molecule has 10 aromatic carbocycles. The third-order valence-electron chi connectivity index (χ3n) is 13.4. The van der Waals surface area contributed by atoms with E-state index in [1.54, 1.807) is 0 Å². The van der Waals surface area contributed by atoms with Gasteiger partial charge in [-0.05, 0) is 128 Å². The van der Waals surface area contributed by atoms with Crippen LogP contribution < -0.4 is 4.90 Å². The van der Waals surface area contributed by atoms with Gasteiger partial charge in [-0.25, -0.2) is 0 Å². The molecule has 0 saturated carbocycles. The number of benzene rings is 10. The second-order valence-corrected chi connectivity index (χ2v) is 16.4. The van der Waals surface area contributed by atoms with Crippen molar-refractivity contribution in [2.45, 2.75) is 5.41 Å². The summed E-state index contributed by atoms with van der Waals surface area (Å²) in [5.41, 5.74) is 19.4. The number of fused-ring (bicyclic) bond motifs is 14. The first-order chi connectivity index (χ1) is 30.3. The fourth-order valence-electron chi connectivity index (χ4n) is 10.9. The van der Waals surface area contributed by atoms with E-state index in [0.717, 1.165) is 17.1 Å². The van der Waals surface area contributed by atoms with Gasteiger partial charge >= 0.3 is 0 Å². The lowest BCUT2D eigenvalue weighted by Gasteiger charge is -2.32. The van der Waals surface area contributed by atoms with Crippen LogP contribution in [0.2, 0.25) is 0 Å². The summed E-state index contributed by atoms with van der Waals surface area (Å²) in [6, 6.07) is 85.4. The van der Waals surface area contributed by atoms with Crippen LogP contribution in [0.1, 0.15) is 22.3 Å². The van der Waals surface area contributed by atoms with Crippen molar-refractivity contribution in [3.8, 4) is 39.1 Å². The zero-order valence-electron chi connectivity index (χ0n) is 33.3. The minimum absolute atomic E-state index is 0.515. The maximum absolute atomic E-state index is 2.51. The van der Waals surface area contributed by atoms with Gasteiger partial charge in [0.15, 0.2) is 0 Å². The quantitative estimate of drug-likeness (QED) is 0.169. The third-order valence-corrected chi connectivity index (χ3v) is 13.4. The molecule has 0 unspecified atom stereocenters. The van der Waals surface area contributed by atoms with Gasteiger partial charge in [-0.2, -0.15) is 0 Å². The zero-order valence-corrected chi connectivity index (χ0v) is 33.3. The van der Waals surface area contributed by atoms with Crippen molar-refractivity contribution in [3.05, 3.63) is 253 Å². The molecule has 0 atom stereocenters. The lowest BCUT2D eigenvalue weighted by atomic mass is 9.70. The van der Waals surface area contributed by atoms with Gasteiger partial charge in [-0.15, -0.1) is 0 Å². The van der Waals surface area contributed by atoms with E-state index >= 15 is 0 Å². The average molecular weight is 775 g/mol. The molecule has 0 N–H and O–H groups in total.